The third-order valence-electron chi connectivity index (χ3n) is 8.14. The molecule has 1 atom stereocenters. The maximum absolute atomic E-state index is 12.7. The van der Waals surface area contributed by atoms with Gasteiger partial charge in [-0.3, -0.25) is 0 Å². The van der Waals surface area contributed by atoms with Gasteiger partial charge >= 0.3 is 5.97 Å². The second-order valence-electron chi connectivity index (χ2n) is 12.8. The average Bonchev–Trinajstić information content (AvgIpc) is 3.60. The van der Waals surface area contributed by atoms with Gasteiger partial charge in [0.25, 0.3) is 0 Å². The van der Waals surface area contributed by atoms with E-state index in [1.165, 1.54) is 0 Å². The number of carbonyl (C=O) groups is 1. The Morgan fingerprint density at radius 3 is 2.64 bits per heavy atom. The van der Waals surface area contributed by atoms with Gasteiger partial charge in [-0.05, 0) is 70.7 Å². The SMILES string of the molecule is Cc1nc2cc3nn2c(c1C(OC(C)(C)C)C(=O)O)N1CCC(C)(CC1)OCC=CCOc1ccccc1Cc1cnn-3c1. The molecule has 0 radical (unpaired) electrons. The fourth-order valence-electron chi connectivity index (χ4n) is 5.86. The molecule has 1 fully saturated rings. The predicted molar refractivity (Wildman–Crippen MR) is 166 cm³/mol. The molecule has 0 amide bonds. The Kier molecular flexibility index (Phi) is 7.93. The van der Waals surface area contributed by atoms with Crippen molar-refractivity contribution in [2.24, 2.45) is 0 Å². The summed E-state index contributed by atoms with van der Waals surface area (Å²) in [5.41, 5.74) is 2.72. The smallest absolute Gasteiger partial charge is 0.337 e. The van der Waals surface area contributed by atoms with E-state index in [2.05, 4.69) is 23.0 Å². The van der Waals surface area contributed by atoms with E-state index in [0.717, 1.165) is 29.7 Å². The van der Waals surface area contributed by atoms with E-state index in [9.17, 15) is 9.90 Å². The summed E-state index contributed by atoms with van der Waals surface area (Å²) >= 11 is 0. The number of nitrogens with zero attached hydrogens (tertiary/aromatic N) is 6. The Hall–Kier alpha value is -4.22. The molecule has 232 valence electrons. The number of piperidine rings is 1. The lowest BCUT2D eigenvalue weighted by Gasteiger charge is -2.41. The molecule has 6 heterocycles. The molecule has 1 aromatic carbocycles. The molecule has 6 bridgehead atoms. The highest BCUT2D eigenvalue weighted by Gasteiger charge is 2.37. The number of hydrogen-bond acceptors (Lipinski definition) is 8. The fourth-order valence-corrected chi connectivity index (χ4v) is 5.86. The molecule has 7 rings (SSSR count). The van der Waals surface area contributed by atoms with Gasteiger partial charge in [0.2, 0.25) is 0 Å². The molecule has 0 spiro atoms. The van der Waals surface area contributed by atoms with E-state index >= 15 is 0 Å². The quantitative estimate of drug-likeness (QED) is 0.322. The number of carboxylic acid groups (broad SMARTS) is 1. The summed E-state index contributed by atoms with van der Waals surface area (Å²) in [5, 5.41) is 20.0. The minimum absolute atomic E-state index is 0.328. The standard InChI is InChI=1S/C33H40N6O5/c1-22-28(29(31(40)41)44-32(2,3)4)30-37-14-12-33(5,13-15-37)43-17-9-8-16-42-25-11-7-6-10-24(25)18-23-20-34-38(21-23)27-19-26(35-22)39(30)36-27/h6-11,19-21,29H,12-18H2,1-5H3,(H,40,41). The van der Waals surface area contributed by atoms with Gasteiger partial charge in [0, 0.05) is 37.5 Å². The summed E-state index contributed by atoms with van der Waals surface area (Å²) in [4.78, 5) is 19.7. The average molecular weight is 601 g/mol. The van der Waals surface area contributed by atoms with Gasteiger partial charge in [-0.25, -0.2) is 14.5 Å². The molecule has 0 saturated carbocycles. The predicted octanol–water partition coefficient (Wildman–Crippen LogP) is 5.08. The van der Waals surface area contributed by atoms with Crippen LogP contribution < -0.4 is 9.64 Å². The summed E-state index contributed by atoms with van der Waals surface area (Å²) in [5.74, 6) is 1.01. The van der Waals surface area contributed by atoms with Crippen molar-refractivity contribution in [3.05, 3.63) is 77.3 Å². The van der Waals surface area contributed by atoms with Crippen LogP contribution in [0.5, 0.6) is 5.75 Å². The third kappa shape index (κ3) is 6.20. The number of aromatic nitrogens is 5. The Bertz CT molecular complexity index is 1690. The molecule has 0 aliphatic carbocycles. The molecular formula is C33H40N6O5. The number of aryl methyl sites for hydroxylation is 1. The lowest BCUT2D eigenvalue weighted by Crippen LogP contribution is -2.45. The lowest BCUT2D eigenvalue weighted by molar-refractivity contribution is -0.160. The van der Waals surface area contributed by atoms with Gasteiger partial charge in [-0.2, -0.15) is 9.61 Å². The van der Waals surface area contributed by atoms with E-state index in [-0.39, 0.29) is 5.60 Å². The first-order valence-corrected chi connectivity index (χ1v) is 15.1. The second-order valence-corrected chi connectivity index (χ2v) is 12.8. The zero-order valence-corrected chi connectivity index (χ0v) is 26.0. The number of ether oxygens (including phenoxy) is 3. The fraction of sp³-hybridized carbons (Fsp3) is 0.455. The number of rotatable bonds is 3. The van der Waals surface area contributed by atoms with E-state index in [0.29, 0.717) is 61.3 Å². The van der Waals surface area contributed by atoms with E-state index in [1.54, 1.807) is 9.20 Å². The van der Waals surface area contributed by atoms with Gasteiger partial charge in [-0.15, -0.1) is 5.10 Å². The van der Waals surface area contributed by atoms with Gasteiger partial charge in [0.15, 0.2) is 17.6 Å². The number of aliphatic carboxylic acids is 1. The molecule has 4 aromatic rings. The van der Waals surface area contributed by atoms with Crippen molar-refractivity contribution in [1.82, 2.24) is 24.4 Å². The lowest BCUT2D eigenvalue weighted by atomic mass is 9.92. The van der Waals surface area contributed by atoms with Crippen LogP contribution >= 0.6 is 0 Å². The van der Waals surface area contributed by atoms with Crippen molar-refractivity contribution in [3.63, 3.8) is 0 Å². The molecule has 3 aliphatic heterocycles. The highest BCUT2D eigenvalue weighted by atomic mass is 16.5. The minimum Gasteiger partial charge on any atom is -0.489 e. The molecule has 1 saturated heterocycles. The van der Waals surface area contributed by atoms with Crippen LogP contribution in [-0.4, -0.2) is 73.0 Å². The van der Waals surface area contributed by atoms with Crippen molar-refractivity contribution >= 4 is 17.4 Å². The van der Waals surface area contributed by atoms with Gasteiger partial charge in [0.05, 0.1) is 29.6 Å². The molecule has 11 heteroatoms. The third-order valence-corrected chi connectivity index (χ3v) is 8.14. The normalized spacial score (nSPS) is 17.8. The summed E-state index contributed by atoms with van der Waals surface area (Å²) in [6, 6.07) is 9.89. The van der Waals surface area contributed by atoms with E-state index in [4.69, 9.17) is 24.3 Å². The highest BCUT2D eigenvalue weighted by molar-refractivity contribution is 5.78. The number of benzene rings is 1. The van der Waals surface area contributed by atoms with E-state index < -0.39 is 17.7 Å². The Morgan fingerprint density at radius 1 is 1.14 bits per heavy atom. The molecular weight excluding hydrogens is 560 g/mol. The molecule has 1 unspecified atom stereocenters. The topological polar surface area (TPSA) is 116 Å². The number of hydrogen-bond donors (Lipinski definition) is 1. The zero-order valence-electron chi connectivity index (χ0n) is 26.0. The van der Waals surface area contributed by atoms with Crippen LogP contribution in [0.2, 0.25) is 0 Å². The van der Waals surface area contributed by atoms with E-state index in [1.807, 2.05) is 76.5 Å². The first kappa shape index (κ1) is 29.8. The molecule has 3 aliphatic rings. The van der Waals surface area contributed by atoms with Crippen LogP contribution in [-0.2, 0) is 20.7 Å². The number of para-hydroxylation sites is 1. The summed E-state index contributed by atoms with van der Waals surface area (Å²) in [6.45, 7) is 11.8. The number of anilines is 1. The van der Waals surface area contributed by atoms with Crippen LogP contribution in [0.15, 0.2) is 54.9 Å². The second kappa shape index (κ2) is 11.7. The summed E-state index contributed by atoms with van der Waals surface area (Å²) in [7, 11) is 0. The highest BCUT2D eigenvalue weighted by Crippen LogP contribution is 2.38. The molecule has 44 heavy (non-hydrogen) atoms. The maximum atomic E-state index is 12.7. The molecule has 3 aromatic heterocycles. The van der Waals surface area contributed by atoms with Crippen LogP contribution in [0.4, 0.5) is 5.82 Å². The van der Waals surface area contributed by atoms with Crippen molar-refractivity contribution in [1.29, 1.82) is 0 Å². The van der Waals surface area contributed by atoms with Gasteiger partial charge < -0.3 is 24.2 Å². The maximum Gasteiger partial charge on any atom is 0.337 e. The van der Waals surface area contributed by atoms with Crippen molar-refractivity contribution in [2.75, 3.05) is 31.2 Å². The number of carboxylic acids is 1. The molecule has 11 nitrogen and oxygen atoms in total. The largest absolute Gasteiger partial charge is 0.489 e. The van der Waals surface area contributed by atoms with Crippen molar-refractivity contribution in [3.8, 4) is 11.6 Å². The Balaban J connectivity index is 1.49. The first-order valence-electron chi connectivity index (χ1n) is 15.1. The van der Waals surface area contributed by atoms with Crippen LogP contribution in [0.1, 0.15) is 69.0 Å². The van der Waals surface area contributed by atoms with Crippen LogP contribution in [0, 0.1) is 6.92 Å². The van der Waals surface area contributed by atoms with Gasteiger partial charge in [0.1, 0.15) is 18.2 Å². The Labute approximate surface area is 257 Å². The van der Waals surface area contributed by atoms with Crippen molar-refractivity contribution in [2.45, 2.75) is 71.2 Å². The van der Waals surface area contributed by atoms with Crippen LogP contribution in [0.25, 0.3) is 11.5 Å². The zero-order chi connectivity index (χ0) is 31.1. The first-order chi connectivity index (χ1) is 21.0. The summed E-state index contributed by atoms with van der Waals surface area (Å²) in [6.07, 6.45) is 8.69. The van der Waals surface area contributed by atoms with Crippen LogP contribution in [0.3, 0.4) is 0 Å². The number of fused-ring (bicyclic) bond motifs is 6. The minimum atomic E-state index is -1.23. The van der Waals surface area contributed by atoms with Gasteiger partial charge in [-0.1, -0.05) is 24.3 Å². The Morgan fingerprint density at radius 2 is 1.89 bits per heavy atom. The van der Waals surface area contributed by atoms with Crippen molar-refractivity contribution < 1.29 is 24.1 Å². The summed E-state index contributed by atoms with van der Waals surface area (Å²) < 4.78 is 22.1. The monoisotopic (exact) mass is 600 g/mol. The molecule has 1 N–H and O–H groups in total.